The predicted molar refractivity (Wildman–Crippen MR) is 166 cm³/mol. The van der Waals surface area contributed by atoms with E-state index in [0.717, 1.165) is 27.4 Å². The van der Waals surface area contributed by atoms with Gasteiger partial charge in [0.05, 0.1) is 15.6 Å². The molecule has 3 aromatic rings. The number of nitrogens with zero attached hydrogens (tertiary/aromatic N) is 2. The Kier molecular flexibility index (Phi) is 11.2. The fourth-order valence-electron chi connectivity index (χ4n) is 4.28. The summed E-state index contributed by atoms with van der Waals surface area (Å²) in [5, 5.41) is 3.35. The molecule has 0 fully saturated rings. The number of nitrogens with one attached hydrogen (secondary N) is 1. The summed E-state index contributed by atoms with van der Waals surface area (Å²) >= 11 is 12.7. The Morgan fingerprint density at radius 1 is 0.878 bits per heavy atom. The van der Waals surface area contributed by atoms with Gasteiger partial charge in [-0.2, -0.15) is 0 Å². The van der Waals surface area contributed by atoms with Crippen LogP contribution in [0.1, 0.15) is 50.3 Å². The number of carbonyl (C=O) groups excluding carboxylic acids is 2. The van der Waals surface area contributed by atoms with Crippen LogP contribution in [0.5, 0.6) is 0 Å². The number of aryl methyl sites for hydroxylation is 2. The van der Waals surface area contributed by atoms with Crippen molar-refractivity contribution in [2.24, 2.45) is 0 Å². The lowest BCUT2D eigenvalue weighted by Gasteiger charge is -2.34. The van der Waals surface area contributed by atoms with Crippen LogP contribution >= 0.6 is 23.2 Å². The van der Waals surface area contributed by atoms with E-state index in [1.54, 1.807) is 18.2 Å². The minimum Gasteiger partial charge on any atom is -0.352 e. The van der Waals surface area contributed by atoms with E-state index in [4.69, 9.17) is 23.2 Å². The highest BCUT2D eigenvalue weighted by Gasteiger charge is 2.34. The van der Waals surface area contributed by atoms with Gasteiger partial charge in [0, 0.05) is 17.6 Å². The van der Waals surface area contributed by atoms with Crippen LogP contribution in [-0.4, -0.2) is 43.8 Å². The van der Waals surface area contributed by atoms with E-state index in [9.17, 15) is 18.0 Å². The molecule has 1 N–H and O–H groups in total. The summed E-state index contributed by atoms with van der Waals surface area (Å²) in [6.45, 7) is 9.03. The van der Waals surface area contributed by atoms with E-state index in [-0.39, 0.29) is 39.1 Å². The second-order valence-corrected chi connectivity index (χ2v) is 12.9. The Balaban J connectivity index is 2.10. The summed E-state index contributed by atoms with van der Waals surface area (Å²) in [6.07, 6.45) is 1.06. The van der Waals surface area contributed by atoms with Crippen LogP contribution in [0.25, 0.3) is 0 Å². The van der Waals surface area contributed by atoms with E-state index in [0.29, 0.717) is 6.42 Å². The molecule has 0 bridgehead atoms. The molecule has 3 rings (SSSR count). The molecule has 41 heavy (non-hydrogen) atoms. The summed E-state index contributed by atoms with van der Waals surface area (Å²) < 4.78 is 29.0. The molecule has 3 aromatic carbocycles. The minimum absolute atomic E-state index is 0.00131. The monoisotopic (exact) mass is 617 g/mol. The van der Waals surface area contributed by atoms with Gasteiger partial charge in [0.25, 0.3) is 10.0 Å². The number of carbonyl (C=O) groups is 2. The fourth-order valence-corrected chi connectivity index (χ4v) is 6.14. The SMILES string of the molecule is CC[C@H](C)NC(=O)[C@H](CC)N(Cc1ccc(C)cc1)C(=O)CN(c1cc(Cl)ccc1Cl)S(=O)(=O)c1ccc(C)cc1. The average molecular weight is 619 g/mol. The number of hydrogen-bond donors (Lipinski definition) is 1. The molecule has 7 nitrogen and oxygen atoms in total. The highest BCUT2D eigenvalue weighted by Crippen LogP contribution is 2.33. The fraction of sp³-hybridized carbons (Fsp3) is 0.355. The summed E-state index contributed by atoms with van der Waals surface area (Å²) in [7, 11) is -4.25. The number of amides is 2. The topological polar surface area (TPSA) is 86.8 Å². The molecule has 0 aliphatic rings. The van der Waals surface area contributed by atoms with Crippen LogP contribution in [0.2, 0.25) is 10.0 Å². The van der Waals surface area contributed by atoms with E-state index in [2.05, 4.69) is 5.32 Å². The van der Waals surface area contributed by atoms with Crippen molar-refractivity contribution in [2.75, 3.05) is 10.8 Å². The molecule has 0 aliphatic heterocycles. The molecule has 0 aliphatic carbocycles. The Bertz CT molecular complexity index is 1460. The van der Waals surface area contributed by atoms with Gasteiger partial charge < -0.3 is 10.2 Å². The first kappa shape index (κ1) is 32.4. The van der Waals surface area contributed by atoms with Crippen LogP contribution in [0.4, 0.5) is 5.69 Å². The summed E-state index contributed by atoms with van der Waals surface area (Å²) in [6, 6.07) is 17.5. The van der Waals surface area contributed by atoms with E-state index in [1.807, 2.05) is 58.9 Å². The first-order valence-corrected chi connectivity index (χ1v) is 15.8. The molecule has 10 heteroatoms. The molecule has 0 aromatic heterocycles. The smallest absolute Gasteiger partial charge is 0.264 e. The third-order valence-electron chi connectivity index (χ3n) is 6.93. The van der Waals surface area contributed by atoms with Gasteiger partial charge >= 0.3 is 0 Å². The number of anilines is 1. The number of benzene rings is 3. The number of halogens is 2. The first-order chi connectivity index (χ1) is 19.4. The van der Waals surface area contributed by atoms with Crippen LogP contribution in [0.15, 0.2) is 71.6 Å². The minimum atomic E-state index is -4.25. The third-order valence-corrected chi connectivity index (χ3v) is 9.25. The Morgan fingerprint density at radius 3 is 2.02 bits per heavy atom. The number of rotatable bonds is 12. The maximum atomic E-state index is 14.2. The highest BCUT2D eigenvalue weighted by molar-refractivity contribution is 7.92. The van der Waals surface area contributed by atoms with Crippen molar-refractivity contribution in [3.8, 4) is 0 Å². The van der Waals surface area contributed by atoms with Crippen molar-refractivity contribution >= 4 is 50.7 Å². The molecule has 0 spiro atoms. The van der Waals surface area contributed by atoms with Gasteiger partial charge in [-0.25, -0.2) is 8.42 Å². The highest BCUT2D eigenvalue weighted by atomic mass is 35.5. The molecular weight excluding hydrogens is 581 g/mol. The second kappa shape index (κ2) is 14.2. The zero-order chi connectivity index (χ0) is 30.3. The lowest BCUT2D eigenvalue weighted by Crippen LogP contribution is -2.53. The van der Waals surface area contributed by atoms with Gasteiger partial charge in [0.2, 0.25) is 11.8 Å². The molecule has 0 unspecified atom stereocenters. The first-order valence-electron chi connectivity index (χ1n) is 13.6. The Hall–Kier alpha value is -3.07. The maximum absolute atomic E-state index is 14.2. The second-order valence-electron chi connectivity index (χ2n) is 10.2. The van der Waals surface area contributed by atoms with Gasteiger partial charge in [-0.1, -0.05) is 84.6 Å². The lowest BCUT2D eigenvalue weighted by molar-refractivity contribution is -0.140. The van der Waals surface area contributed by atoms with E-state index >= 15 is 0 Å². The largest absolute Gasteiger partial charge is 0.352 e. The van der Waals surface area contributed by atoms with Gasteiger partial charge in [-0.15, -0.1) is 0 Å². The molecule has 220 valence electrons. The standard InChI is InChI=1S/C31H37Cl2N3O4S/c1-6-23(5)34-31(38)28(7-2)35(19-24-12-8-21(3)9-13-24)30(37)20-36(29-18-25(32)14-17-27(29)33)41(39,40)26-15-10-22(4)11-16-26/h8-18,23,28H,6-7,19-20H2,1-5H3,(H,34,38)/t23-,28-/m0/s1. The number of sulfonamides is 1. The third kappa shape index (κ3) is 8.24. The lowest BCUT2D eigenvalue weighted by atomic mass is 10.1. The summed E-state index contributed by atoms with van der Waals surface area (Å²) in [5.74, 6) is -0.848. The average Bonchev–Trinajstić information content (AvgIpc) is 2.94. The van der Waals surface area contributed by atoms with Crippen LogP contribution < -0.4 is 9.62 Å². The van der Waals surface area contributed by atoms with Crippen molar-refractivity contribution in [1.82, 2.24) is 10.2 Å². The molecule has 0 radical (unpaired) electrons. The summed E-state index contributed by atoms with van der Waals surface area (Å²) in [4.78, 5) is 29.0. The van der Waals surface area contributed by atoms with Crippen LogP contribution in [0.3, 0.4) is 0 Å². The molecule has 0 heterocycles. The van der Waals surface area contributed by atoms with Gasteiger partial charge in [0.1, 0.15) is 12.6 Å². The van der Waals surface area contributed by atoms with Crippen molar-refractivity contribution in [3.63, 3.8) is 0 Å². The van der Waals surface area contributed by atoms with Crippen molar-refractivity contribution < 1.29 is 18.0 Å². The molecule has 2 amide bonds. The van der Waals surface area contributed by atoms with Gasteiger partial charge in [-0.05, 0) is 69.5 Å². The summed E-state index contributed by atoms with van der Waals surface area (Å²) in [5.41, 5.74) is 2.82. The maximum Gasteiger partial charge on any atom is 0.264 e. The predicted octanol–water partition coefficient (Wildman–Crippen LogP) is 6.53. The van der Waals surface area contributed by atoms with E-state index in [1.165, 1.54) is 29.2 Å². The van der Waals surface area contributed by atoms with Crippen molar-refractivity contribution in [2.45, 2.75) is 71.0 Å². The normalized spacial score (nSPS) is 12.9. The van der Waals surface area contributed by atoms with Gasteiger partial charge in [-0.3, -0.25) is 13.9 Å². The quantitative estimate of drug-likeness (QED) is 0.250. The van der Waals surface area contributed by atoms with Crippen LogP contribution in [-0.2, 0) is 26.2 Å². The van der Waals surface area contributed by atoms with E-state index < -0.39 is 28.5 Å². The molecule has 2 atom stereocenters. The Morgan fingerprint density at radius 2 is 1.46 bits per heavy atom. The van der Waals surface area contributed by atoms with Crippen molar-refractivity contribution in [1.29, 1.82) is 0 Å². The molecule has 0 saturated heterocycles. The zero-order valence-electron chi connectivity index (χ0n) is 24.0. The number of hydrogen-bond acceptors (Lipinski definition) is 4. The zero-order valence-corrected chi connectivity index (χ0v) is 26.4. The van der Waals surface area contributed by atoms with Gasteiger partial charge in [0.15, 0.2) is 0 Å². The van der Waals surface area contributed by atoms with Crippen molar-refractivity contribution in [3.05, 3.63) is 93.5 Å². The molecule has 0 saturated carbocycles. The van der Waals surface area contributed by atoms with Crippen LogP contribution in [0, 0.1) is 13.8 Å². The Labute approximate surface area is 253 Å². The molecular formula is C31H37Cl2N3O4S.